The van der Waals surface area contributed by atoms with Crippen molar-refractivity contribution in [1.82, 2.24) is 25.2 Å². The Kier molecular flexibility index (Phi) is 11.8. The molecule has 61 heavy (non-hydrogen) atoms. The van der Waals surface area contributed by atoms with E-state index in [0.717, 1.165) is 31.2 Å². The number of sulfonamides is 1. The number of hydrogen-bond acceptors (Lipinski definition) is 11. The molecular formula is C43H63F2N5O10S. The van der Waals surface area contributed by atoms with Gasteiger partial charge in [-0.05, 0) is 108 Å². The van der Waals surface area contributed by atoms with Crippen LogP contribution < -0.4 is 29.6 Å². The van der Waals surface area contributed by atoms with Gasteiger partial charge in [-0.15, -0.1) is 0 Å². The van der Waals surface area contributed by atoms with Crippen LogP contribution in [0.4, 0.5) is 13.6 Å². The summed E-state index contributed by atoms with van der Waals surface area (Å²) in [7, 11) is -2.50. The molecule has 5 aliphatic rings. The van der Waals surface area contributed by atoms with Gasteiger partial charge in [0.25, 0.3) is 11.8 Å². The van der Waals surface area contributed by atoms with Crippen LogP contribution in [0, 0.1) is 17.8 Å². The van der Waals surface area contributed by atoms with Gasteiger partial charge in [0.1, 0.15) is 29.5 Å². The number of amides is 4. The summed E-state index contributed by atoms with van der Waals surface area (Å²) < 4.78 is 79.9. The Morgan fingerprint density at radius 2 is 1.85 bits per heavy atom. The number of benzene rings is 1. The number of aryl methyl sites for hydroxylation is 1. The molecule has 15 nitrogen and oxygen atoms in total. The molecule has 0 unspecified atom stereocenters. The van der Waals surface area contributed by atoms with Crippen molar-refractivity contribution in [2.24, 2.45) is 17.8 Å². The van der Waals surface area contributed by atoms with Crippen molar-refractivity contribution < 1.29 is 59.6 Å². The van der Waals surface area contributed by atoms with E-state index in [1.54, 1.807) is 27.0 Å². The lowest BCUT2D eigenvalue weighted by atomic mass is 9.88. The third kappa shape index (κ3) is 8.83. The number of pyridine rings is 1. The molecule has 4 heterocycles. The molecule has 3 aliphatic heterocycles. The predicted molar refractivity (Wildman–Crippen MR) is 226 cm³/mol. The van der Waals surface area contributed by atoms with Crippen LogP contribution in [-0.2, 0) is 35.6 Å². The fraction of sp³-hybridized carbons (Fsp3) is 0.651. The lowest BCUT2D eigenvalue weighted by molar-refractivity contribution is -0.152. The summed E-state index contributed by atoms with van der Waals surface area (Å²) in [6, 6.07) is 2.84. The van der Waals surface area contributed by atoms with Crippen molar-refractivity contribution in [3.63, 3.8) is 0 Å². The van der Waals surface area contributed by atoms with Gasteiger partial charge < -0.3 is 34.5 Å². The van der Waals surface area contributed by atoms with Crippen LogP contribution in [0.25, 0.3) is 10.8 Å². The number of fused-ring (bicyclic) bond motifs is 5. The summed E-state index contributed by atoms with van der Waals surface area (Å²) in [5.74, 6) is -5.58. The zero-order valence-electron chi connectivity index (χ0n) is 35.8. The Bertz CT molecular complexity index is 2240. The molecule has 3 fully saturated rings. The van der Waals surface area contributed by atoms with E-state index in [0.29, 0.717) is 69.1 Å². The highest BCUT2D eigenvalue weighted by Crippen LogP contribution is 2.48. The number of methoxy groups -OCH3 is 1. The minimum Gasteiger partial charge on any atom is -0.497 e. The molecule has 340 valence electrons. The molecule has 18 heteroatoms. The van der Waals surface area contributed by atoms with Crippen molar-refractivity contribution in [2.45, 2.75) is 139 Å². The van der Waals surface area contributed by atoms with Crippen LogP contribution in [0.15, 0.2) is 30.4 Å². The monoisotopic (exact) mass is 879 g/mol. The zero-order valence-corrected chi connectivity index (χ0v) is 36.6. The van der Waals surface area contributed by atoms with Crippen LogP contribution in [0.3, 0.4) is 0 Å². The number of alkyl carbamates (subject to hydrolysis) is 1. The lowest BCUT2D eigenvalue weighted by Crippen LogP contribution is -2.59. The number of nitrogens with zero attached hydrogens (tertiary/aromatic N) is 2. The molecule has 0 radical (unpaired) electrons. The summed E-state index contributed by atoms with van der Waals surface area (Å²) in [6.45, 7) is 8.36. The molecule has 0 bridgehead atoms. The van der Waals surface area contributed by atoms with E-state index in [9.17, 15) is 36.4 Å². The van der Waals surface area contributed by atoms with Crippen LogP contribution in [-0.4, -0.2) is 102 Å². The van der Waals surface area contributed by atoms with E-state index in [1.165, 1.54) is 4.90 Å². The van der Waals surface area contributed by atoms with Gasteiger partial charge in [-0.3, -0.25) is 19.1 Å². The van der Waals surface area contributed by atoms with Gasteiger partial charge in [-0.2, -0.15) is 4.98 Å². The van der Waals surface area contributed by atoms with Crippen molar-refractivity contribution in [2.75, 3.05) is 20.3 Å². The second kappa shape index (κ2) is 16.2. The number of aromatic nitrogens is 1. The summed E-state index contributed by atoms with van der Waals surface area (Å²) in [4.78, 5) is 63.0. The average Bonchev–Trinajstić information content (AvgIpc) is 4.07. The molecule has 2 aromatic rings. The normalized spacial score (nSPS) is 29.6. The number of carbonyl (C=O) groups is 4. The maximum absolute atomic E-state index is 15.0. The zero-order chi connectivity index (χ0) is 44.3. The number of allylic oxidation sites excluding steroid dienone is 1. The predicted octanol–water partition coefficient (Wildman–Crippen LogP) is 6.07. The lowest BCUT2D eigenvalue weighted by Gasteiger charge is -2.35. The van der Waals surface area contributed by atoms with E-state index < -0.39 is 85.7 Å². The van der Waals surface area contributed by atoms with Gasteiger partial charge >= 0.3 is 6.09 Å². The molecule has 7 rings (SSSR count). The molecule has 2 saturated carbocycles. The highest BCUT2D eigenvalue weighted by molar-refractivity contribution is 7.91. The molecule has 1 aromatic heterocycles. The maximum Gasteiger partial charge on any atom is 0.408 e. The number of halogens is 2. The number of ether oxygens (including phenoxy) is 4. The number of carbonyl (C=O) groups excluding carboxylic acids is 4. The molecule has 1 aromatic carbocycles. The van der Waals surface area contributed by atoms with Gasteiger partial charge in [-0.25, -0.2) is 22.0 Å². The molecule has 0 spiro atoms. The van der Waals surface area contributed by atoms with Gasteiger partial charge in [0.05, 0.1) is 25.0 Å². The summed E-state index contributed by atoms with van der Waals surface area (Å²) in [6.07, 6.45) is 5.64. The second-order valence-corrected chi connectivity index (χ2v) is 20.6. The van der Waals surface area contributed by atoms with Crippen LogP contribution in [0.2, 0.25) is 0 Å². The van der Waals surface area contributed by atoms with Gasteiger partial charge in [0.15, 0.2) is 5.60 Å². The van der Waals surface area contributed by atoms with Crippen LogP contribution in [0.1, 0.15) is 103 Å². The number of hydrogen-bond donors (Lipinski definition) is 3. The molecule has 7 atom stereocenters. The Labute approximate surface area is 359 Å². The number of alkyl halides is 2. The van der Waals surface area contributed by atoms with Gasteiger partial charge in [0, 0.05) is 34.5 Å². The van der Waals surface area contributed by atoms with E-state index >= 15 is 0 Å². The molecule has 3 N–H and O–H groups in total. The minimum atomic E-state index is -4.07. The highest BCUT2D eigenvalue weighted by atomic mass is 32.2. The fourth-order valence-electron chi connectivity index (χ4n) is 8.52. The molecule has 4 amide bonds. The first-order valence-electron chi connectivity index (χ1n) is 21.1. The van der Waals surface area contributed by atoms with Crippen molar-refractivity contribution in [1.29, 1.82) is 0 Å². The third-order valence-electron chi connectivity index (χ3n) is 13.3. The van der Waals surface area contributed by atoms with Gasteiger partial charge in [0.2, 0.25) is 33.6 Å². The smallest absolute Gasteiger partial charge is 0.408 e. The van der Waals surface area contributed by atoms with Crippen LogP contribution in [0.5, 0.6) is 17.5 Å². The van der Waals surface area contributed by atoms with Crippen molar-refractivity contribution >= 4 is 44.6 Å². The molecule has 1 saturated heterocycles. The summed E-state index contributed by atoms with van der Waals surface area (Å²) in [5.41, 5.74) is -2.96. The third-order valence-corrected chi connectivity index (χ3v) is 15.4. The Morgan fingerprint density at radius 3 is 2.54 bits per heavy atom. The summed E-state index contributed by atoms with van der Waals surface area (Å²) >= 11 is 0. The standard InChI is InChI=1S/C43H57F2N5O10S.3H2/c1-24-11-8-9-12-26-22-43(26,38(53)49-61(55,56)41(5)16-17-41)48-34(51)32-21-28(59-36-30-15-14-27(57-7)20-31(30)29-13-10-18-58-35(29)47-36)23-50(32)37(52)33(25(2)19-24)46-39(54)60-40(3,4)42(6,44)45;;;/h9,12,14-15,20,24-26,28,32-33H,8,10-11,13,16-19,21-23H2,1-7H3,(H,46,54)(H,48,51)(H,49,53);3*1H/b12-9-;;;/t24-,25-,26-,28-,32+,33+,43-;;;/m1.../s1. The Hall–Kier alpha value is -4.74. The van der Waals surface area contributed by atoms with E-state index in [-0.39, 0.29) is 35.5 Å². The van der Waals surface area contributed by atoms with Crippen molar-refractivity contribution in [3.8, 4) is 17.5 Å². The molecule has 2 aliphatic carbocycles. The molecular weight excluding hydrogens is 817 g/mol. The SMILES string of the molecule is COc1ccc2c(O[C@@H]3C[C@H]4C(=O)N[C@]5(C(=O)NS(=O)(=O)C6(C)CC6)C[C@H]5/C=C\CC[C@@H](C)C[C@@H](C)[C@H](NC(=O)OC(C)(C)C(C)(F)F)C(=O)N4C3)nc3c(c2c1)CCCO3.[HH].[HH].[HH]. The second-order valence-electron chi connectivity index (χ2n) is 18.4. The number of nitrogens with one attached hydrogen (secondary N) is 3. The first-order valence-corrected chi connectivity index (χ1v) is 22.6. The number of rotatable bonds is 9. The topological polar surface area (TPSA) is 192 Å². The Balaban J connectivity index is 0.00000299. The first kappa shape index (κ1) is 44.3. The van der Waals surface area contributed by atoms with Gasteiger partial charge in [-0.1, -0.05) is 26.0 Å². The minimum absolute atomic E-state index is 0. The fourth-order valence-corrected chi connectivity index (χ4v) is 9.83. The maximum atomic E-state index is 15.0. The largest absolute Gasteiger partial charge is 0.497 e. The first-order chi connectivity index (χ1) is 28.6. The average molecular weight is 880 g/mol. The Morgan fingerprint density at radius 1 is 1.11 bits per heavy atom. The van der Waals surface area contributed by atoms with E-state index in [2.05, 4.69) is 15.4 Å². The quantitative estimate of drug-likeness (QED) is 0.248. The highest BCUT2D eigenvalue weighted by Gasteiger charge is 2.63. The van der Waals surface area contributed by atoms with E-state index in [1.807, 2.05) is 31.2 Å². The summed E-state index contributed by atoms with van der Waals surface area (Å²) in [5, 5.41) is 6.88. The van der Waals surface area contributed by atoms with Crippen LogP contribution >= 0.6 is 0 Å². The van der Waals surface area contributed by atoms with E-state index in [4.69, 9.17) is 23.9 Å². The van der Waals surface area contributed by atoms with Crippen molar-refractivity contribution in [3.05, 3.63) is 35.9 Å².